The van der Waals surface area contributed by atoms with Gasteiger partial charge in [0.15, 0.2) is 0 Å². The van der Waals surface area contributed by atoms with Crippen molar-refractivity contribution in [1.82, 2.24) is 4.31 Å². The summed E-state index contributed by atoms with van der Waals surface area (Å²) in [6.45, 7) is 3.03. The first kappa shape index (κ1) is 19.7. The first-order valence-corrected chi connectivity index (χ1v) is 11.8. The van der Waals surface area contributed by atoms with Gasteiger partial charge < -0.3 is 4.74 Å². The molecule has 27 heavy (non-hydrogen) atoms. The predicted octanol–water partition coefficient (Wildman–Crippen LogP) is 2.20. The van der Waals surface area contributed by atoms with Gasteiger partial charge in [-0.15, -0.1) is 0 Å². The number of hydrogen-bond donors (Lipinski definition) is 1. The van der Waals surface area contributed by atoms with E-state index in [1.54, 1.807) is 24.3 Å². The van der Waals surface area contributed by atoms with E-state index in [9.17, 15) is 16.8 Å². The molecule has 1 heterocycles. The minimum Gasteiger partial charge on any atom is -0.494 e. The quantitative estimate of drug-likeness (QED) is 0.788. The highest BCUT2D eigenvalue weighted by Crippen LogP contribution is 2.26. The Balaban J connectivity index is 1.81. The molecule has 9 heteroatoms. The van der Waals surface area contributed by atoms with Gasteiger partial charge in [0.2, 0.25) is 10.0 Å². The molecule has 0 radical (unpaired) electrons. The molecule has 0 aliphatic carbocycles. The Kier molecular flexibility index (Phi) is 5.45. The molecule has 0 aromatic heterocycles. The number of nitrogens with one attached hydrogen (secondary N) is 1. The van der Waals surface area contributed by atoms with Crippen LogP contribution in [0.3, 0.4) is 0 Å². The van der Waals surface area contributed by atoms with Crippen LogP contribution in [-0.2, 0) is 33.0 Å². The van der Waals surface area contributed by atoms with E-state index in [1.807, 2.05) is 13.0 Å². The van der Waals surface area contributed by atoms with Crippen LogP contribution in [0.25, 0.3) is 0 Å². The zero-order chi connectivity index (χ0) is 19.7. The van der Waals surface area contributed by atoms with E-state index in [0.29, 0.717) is 31.0 Å². The first-order chi connectivity index (χ1) is 12.7. The smallest absolute Gasteiger partial charge is 0.261 e. The highest BCUT2D eigenvalue weighted by molar-refractivity contribution is 7.92. The van der Waals surface area contributed by atoms with Crippen LogP contribution in [0.15, 0.2) is 47.4 Å². The lowest BCUT2D eigenvalue weighted by molar-refractivity contribution is 0.340. The van der Waals surface area contributed by atoms with Gasteiger partial charge in [-0.05, 0) is 60.9 Å². The third-order valence-corrected chi connectivity index (χ3v) is 7.00. The second-order valence-corrected chi connectivity index (χ2v) is 10.0. The van der Waals surface area contributed by atoms with Gasteiger partial charge in [0.1, 0.15) is 5.75 Å². The molecule has 0 bridgehead atoms. The normalized spacial score (nSPS) is 15.2. The summed E-state index contributed by atoms with van der Waals surface area (Å²) < 4.78 is 58.0. The minimum absolute atomic E-state index is 0.126. The van der Waals surface area contributed by atoms with Crippen molar-refractivity contribution in [3.63, 3.8) is 0 Å². The van der Waals surface area contributed by atoms with E-state index in [4.69, 9.17) is 4.74 Å². The summed E-state index contributed by atoms with van der Waals surface area (Å²) in [6.07, 6.45) is 1.78. The van der Waals surface area contributed by atoms with E-state index < -0.39 is 20.0 Å². The van der Waals surface area contributed by atoms with Crippen molar-refractivity contribution >= 4 is 25.7 Å². The topological polar surface area (TPSA) is 92.8 Å². The monoisotopic (exact) mass is 410 g/mol. The van der Waals surface area contributed by atoms with Gasteiger partial charge in [0.25, 0.3) is 10.0 Å². The summed E-state index contributed by atoms with van der Waals surface area (Å²) in [5.41, 5.74) is 2.23. The van der Waals surface area contributed by atoms with Gasteiger partial charge in [-0.25, -0.2) is 16.8 Å². The molecule has 0 unspecified atom stereocenters. The van der Waals surface area contributed by atoms with Crippen LogP contribution in [0.4, 0.5) is 5.69 Å². The lowest BCUT2D eigenvalue weighted by atomic mass is 10.0. The molecule has 0 atom stereocenters. The summed E-state index contributed by atoms with van der Waals surface area (Å²) in [6, 6.07) is 11.4. The van der Waals surface area contributed by atoms with Crippen LogP contribution in [0, 0.1) is 0 Å². The highest BCUT2D eigenvalue weighted by atomic mass is 32.2. The van der Waals surface area contributed by atoms with Crippen molar-refractivity contribution in [1.29, 1.82) is 0 Å². The summed E-state index contributed by atoms with van der Waals surface area (Å²) in [5.74, 6) is 0.603. The van der Waals surface area contributed by atoms with Gasteiger partial charge in [0, 0.05) is 18.8 Å². The number of hydrogen-bond acceptors (Lipinski definition) is 5. The molecule has 7 nitrogen and oxygen atoms in total. The zero-order valence-corrected chi connectivity index (χ0v) is 16.8. The van der Waals surface area contributed by atoms with Gasteiger partial charge >= 0.3 is 0 Å². The van der Waals surface area contributed by atoms with Gasteiger partial charge in [-0.3, -0.25) is 4.72 Å². The lowest BCUT2D eigenvalue weighted by Crippen LogP contribution is -2.35. The van der Waals surface area contributed by atoms with E-state index >= 15 is 0 Å². The molecule has 146 valence electrons. The third kappa shape index (κ3) is 4.60. The number of ether oxygens (including phenoxy) is 1. The molecule has 2 aromatic rings. The largest absolute Gasteiger partial charge is 0.494 e. The van der Waals surface area contributed by atoms with Crippen molar-refractivity contribution in [3.8, 4) is 5.75 Å². The summed E-state index contributed by atoms with van der Waals surface area (Å²) in [7, 11) is -7.04. The maximum Gasteiger partial charge on any atom is 0.261 e. The van der Waals surface area contributed by atoms with Gasteiger partial charge in [-0.2, -0.15) is 4.31 Å². The Labute approximate surface area is 160 Å². The van der Waals surface area contributed by atoms with Crippen LogP contribution in [-0.4, -0.2) is 40.5 Å². The molecule has 0 amide bonds. The molecule has 1 aliphatic heterocycles. The SMILES string of the molecule is CCOc1ccc(S(=O)(=O)Nc2ccc3c(c2)CN(S(C)(=O)=O)CC3)cc1. The third-order valence-electron chi connectivity index (χ3n) is 4.35. The average molecular weight is 411 g/mol. The van der Waals surface area contributed by atoms with Crippen LogP contribution >= 0.6 is 0 Å². The molecule has 2 aromatic carbocycles. The fourth-order valence-corrected chi connectivity index (χ4v) is 4.82. The van der Waals surface area contributed by atoms with Crippen LogP contribution in [0.1, 0.15) is 18.1 Å². The Morgan fingerprint density at radius 2 is 1.74 bits per heavy atom. The Morgan fingerprint density at radius 3 is 2.37 bits per heavy atom. The van der Waals surface area contributed by atoms with Gasteiger partial charge in [-0.1, -0.05) is 6.07 Å². The molecule has 0 saturated heterocycles. The van der Waals surface area contributed by atoms with Crippen molar-refractivity contribution in [2.45, 2.75) is 24.8 Å². The number of sulfonamides is 2. The molecule has 3 rings (SSSR count). The molecule has 1 N–H and O–H groups in total. The van der Waals surface area contributed by atoms with E-state index in [-0.39, 0.29) is 11.4 Å². The maximum atomic E-state index is 12.6. The fourth-order valence-electron chi connectivity index (χ4n) is 2.97. The molecule has 0 saturated carbocycles. The predicted molar refractivity (Wildman–Crippen MR) is 104 cm³/mol. The fraction of sp³-hybridized carbons (Fsp3) is 0.333. The Hall–Kier alpha value is -2.10. The molecular weight excluding hydrogens is 388 g/mol. The molecular formula is C18H22N2O5S2. The van der Waals surface area contributed by atoms with E-state index in [0.717, 1.165) is 11.1 Å². The number of anilines is 1. The van der Waals surface area contributed by atoms with Crippen molar-refractivity contribution < 1.29 is 21.6 Å². The number of rotatable bonds is 6. The summed E-state index contributed by atoms with van der Waals surface area (Å²) in [4.78, 5) is 0.126. The lowest BCUT2D eigenvalue weighted by Gasteiger charge is -2.27. The second-order valence-electron chi connectivity index (χ2n) is 6.34. The van der Waals surface area contributed by atoms with Crippen LogP contribution in [0.5, 0.6) is 5.75 Å². The summed E-state index contributed by atoms with van der Waals surface area (Å²) in [5, 5.41) is 0. The number of benzene rings is 2. The second kappa shape index (κ2) is 7.49. The minimum atomic E-state index is -3.75. The molecule has 0 spiro atoms. The van der Waals surface area contributed by atoms with Crippen molar-refractivity contribution in [3.05, 3.63) is 53.6 Å². The highest BCUT2D eigenvalue weighted by Gasteiger charge is 2.24. The zero-order valence-electron chi connectivity index (χ0n) is 15.2. The van der Waals surface area contributed by atoms with Crippen molar-refractivity contribution in [2.75, 3.05) is 24.1 Å². The maximum absolute atomic E-state index is 12.6. The number of fused-ring (bicyclic) bond motifs is 1. The number of nitrogens with zero attached hydrogens (tertiary/aromatic N) is 1. The van der Waals surface area contributed by atoms with Crippen LogP contribution in [0.2, 0.25) is 0 Å². The molecule has 0 fully saturated rings. The average Bonchev–Trinajstić information content (AvgIpc) is 2.61. The Bertz CT molecular complexity index is 1030. The first-order valence-electron chi connectivity index (χ1n) is 8.51. The van der Waals surface area contributed by atoms with E-state index in [1.165, 1.54) is 22.7 Å². The molecule has 1 aliphatic rings. The van der Waals surface area contributed by atoms with Crippen molar-refractivity contribution in [2.24, 2.45) is 0 Å². The standard InChI is InChI=1S/C18H22N2O5S2/c1-3-25-17-6-8-18(9-7-17)27(23,24)19-16-5-4-14-10-11-20(26(2,21)22)13-15(14)12-16/h4-9,12,19H,3,10-11,13H2,1-2H3. The van der Waals surface area contributed by atoms with Gasteiger partial charge in [0.05, 0.1) is 17.8 Å². The van der Waals surface area contributed by atoms with Crippen LogP contribution < -0.4 is 9.46 Å². The van der Waals surface area contributed by atoms with E-state index in [2.05, 4.69) is 4.72 Å². The summed E-state index contributed by atoms with van der Waals surface area (Å²) >= 11 is 0. The Morgan fingerprint density at radius 1 is 1.04 bits per heavy atom.